The largest absolute Gasteiger partial charge is 0.457 e. The van der Waals surface area contributed by atoms with Gasteiger partial charge in [-0.05, 0) is 17.7 Å². The second kappa shape index (κ2) is 8.91. The lowest BCUT2D eigenvalue weighted by atomic mass is 9.77. The summed E-state index contributed by atoms with van der Waals surface area (Å²) in [6, 6.07) is 26.6. The van der Waals surface area contributed by atoms with E-state index in [1.165, 1.54) is 16.8 Å². The number of aliphatic hydroxyl groups excluding tert-OH is 1. The van der Waals surface area contributed by atoms with Gasteiger partial charge in [-0.2, -0.15) is 0 Å². The van der Waals surface area contributed by atoms with Crippen LogP contribution < -0.4 is 16.0 Å². The third-order valence-corrected chi connectivity index (χ3v) is 6.76. The molecule has 1 fully saturated rings. The summed E-state index contributed by atoms with van der Waals surface area (Å²) in [7, 11) is 0. The zero-order valence-corrected chi connectivity index (χ0v) is 19.2. The molecule has 8 nitrogen and oxygen atoms in total. The van der Waals surface area contributed by atoms with Crippen molar-refractivity contribution in [2.24, 2.45) is 0 Å². The molecule has 36 heavy (non-hydrogen) atoms. The van der Waals surface area contributed by atoms with E-state index < -0.39 is 35.3 Å². The molecule has 2 aliphatic rings. The number of para-hydroxylation sites is 2. The Morgan fingerprint density at radius 3 is 2.22 bits per heavy atom. The van der Waals surface area contributed by atoms with Gasteiger partial charge in [0, 0.05) is 29.8 Å². The molecule has 2 aliphatic heterocycles. The first kappa shape index (κ1) is 22.5. The molecule has 0 radical (unpaired) electrons. The Morgan fingerprint density at radius 1 is 0.917 bits per heavy atom. The summed E-state index contributed by atoms with van der Waals surface area (Å²) < 4.78 is 20.3. The summed E-state index contributed by atoms with van der Waals surface area (Å²) >= 11 is 0. The van der Waals surface area contributed by atoms with Crippen LogP contribution >= 0.6 is 0 Å². The zero-order valence-electron chi connectivity index (χ0n) is 19.2. The molecule has 8 heteroatoms. The molecule has 0 unspecified atom stereocenters. The molecule has 3 atom stereocenters. The third-order valence-electron chi connectivity index (χ3n) is 6.76. The van der Waals surface area contributed by atoms with E-state index in [4.69, 9.17) is 14.2 Å². The fraction of sp³-hybridized carbons (Fsp3) is 0.214. The SMILES string of the molecule is O=c1ccn([C@H]2C[C@H](O)[C@@H](COC3(c4ccccc4)c4ccccc4Oc4ccccc43)O2)c(=O)[nH]1. The van der Waals surface area contributed by atoms with Crippen LogP contribution in [0.4, 0.5) is 0 Å². The Hall–Kier alpha value is -3.98. The van der Waals surface area contributed by atoms with Crippen molar-refractivity contribution in [3.05, 3.63) is 129 Å². The van der Waals surface area contributed by atoms with Gasteiger partial charge in [0.05, 0.1) is 12.7 Å². The summed E-state index contributed by atoms with van der Waals surface area (Å²) in [6.45, 7) is 0.0489. The van der Waals surface area contributed by atoms with Crippen LogP contribution in [0.15, 0.2) is 101 Å². The van der Waals surface area contributed by atoms with Crippen molar-refractivity contribution in [3.63, 3.8) is 0 Å². The van der Waals surface area contributed by atoms with Crippen molar-refractivity contribution >= 4 is 0 Å². The molecule has 0 aliphatic carbocycles. The third kappa shape index (κ3) is 3.67. The van der Waals surface area contributed by atoms with Crippen LogP contribution in [0.2, 0.25) is 0 Å². The van der Waals surface area contributed by atoms with E-state index in [1.807, 2.05) is 78.9 Å². The van der Waals surface area contributed by atoms with Crippen LogP contribution in [0.5, 0.6) is 11.5 Å². The lowest BCUT2D eigenvalue weighted by molar-refractivity contribution is -0.0961. The number of benzene rings is 3. The van der Waals surface area contributed by atoms with Gasteiger partial charge in [0.1, 0.15) is 23.8 Å². The molecule has 0 spiro atoms. The predicted octanol–water partition coefficient (Wildman–Crippen LogP) is 3.30. The second-order valence-corrected chi connectivity index (χ2v) is 8.90. The van der Waals surface area contributed by atoms with Crippen molar-refractivity contribution in [2.45, 2.75) is 30.5 Å². The normalized spacial score (nSPS) is 21.9. The van der Waals surface area contributed by atoms with Crippen molar-refractivity contribution in [3.8, 4) is 11.5 Å². The van der Waals surface area contributed by atoms with Gasteiger partial charge < -0.3 is 19.3 Å². The van der Waals surface area contributed by atoms with Gasteiger partial charge in [0.15, 0.2) is 5.60 Å². The zero-order chi connectivity index (χ0) is 24.7. The Bertz CT molecular complexity index is 1470. The van der Waals surface area contributed by atoms with Crippen LogP contribution in [-0.2, 0) is 15.1 Å². The molecular weight excluding hydrogens is 460 g/mol. The second-order valence-electron chi connectivity index (χ2n) is 8.90. The summed E-state index contributed by atoms with van der Waals surface area (Å²) in [4.78, 5) is 25.9. The fourth-order valence-corrected chi connectivity index (χ4v) is 5.08. The number of hydrogen-bond acceptors (Lipinski definition) is 6. The van der Waals surface area contributed by atoms with Gasteiger partial charge in [-0.1, -0.05) is 66.7 Å². The molecule has 1 saturated heterocycles. The lowest BCUT2D eigenvalue weighted by Gasteiger charge is -2.41. The van der Waals surface area contributed by atoms with Crippen molar-refractivity contribution in [1.29, 1.82) is 0 Å². The van der Waals surface area contributed by atoms with E-state index in [-0.39, 0.29) is 13.0 Å². The van der Waals surface area contributed by atoms with Crippen LogP contribution in [0.1, 0.15) is 29.3 Å². The number of aromatic nitrogens is 2. The molecule has 3 heterocycles. The smallest absolute Gasteiger partial charge is 0.330 e. The number of ether oxygens (including phenoxy) is 3. The van der Waals surface area contributed by atoms with Gasteiger partial charge in [0.2, 0.25) is 0 Å². The van der Waals surface area contributed by atoms with Gasteiger partial charge in [-0.15, -0.1) is 0 Å². The van der Waals surface area contributed by atoms with E-state index in [2.05, 4.69) is 4.98 Å². The maximum Gasteiger partial charge on any atom is 0.330 e. The molecule has 3 aromatic carbocycles. The first-order chi connectivity index (χ1) is 17.6. The molecule has 0 saturated carbocycles. The summed E-state index contributed by atoms with van der Waals surface area (Å²) in [5.74, 6) is 1.37. The number of aromatic amines is 1. The Kier molecular flexibility index (Phi) is 5.56. The Balaban J connectivity index is 1.39. The first-order valence-corrected chi connectivity index (χ1v) is 11.8. The maximum absolute atomic E-state index is 12.3. The number of hydrogen-bond donors (Lipinski definition) is 2. The minimum Gasteiger partial charge on any atom is -0.457 e. The number of nitrogens with one attached hydrogen (secondary N) is 1. The molecule has 1 aromatic heterocycles. The van der Waals surface area contributed by atoms with Crippen LogP contribution in [-0.4, -0.2) is 33.5 Å². The summed E-state index contributed by atoms with van der Waals surface area (Å²) in [5, 5.41) is 10.8. The Labute approximate surface area is 206 Å². The number of fused-ring (bicyclic) bond motifs is 2. The number of aliphatic hydroxyl groups is 1. The highest BCUT2D eigenvalue weighted by molar-refractivity contribution is 5.61. The highest BCUT2D eigenvalue weighted by Gasteiger charge is 2.46. The van der Waals surface area contributed by atoms with Crippen LogP contribution in [0.3, 0.4) is 0 Å². The van der Waals surface area contributed by atoms with E-state index in [9.17, 15) is 14.7 Å². The minimum atomic E-state index is -1.01. The van der Waals surface area contributed by atoms with Crippen molar-refractivity contribution < 1.29 is 19.3 Å². The van der Waals surface area contributed by atoms with E-state index >= 15 is 0 Å². The average molecular weight is 485 g/mol. The van der Waals surface area contributed by atoms with E-state index in [0.717, 1.165) is 16.7 Å². The lowest BCUT2D eigenvalue weighted by Crippen LogP contribution is -2.39. The highest BCUT2D eigenvalue weighted by Crippen LogP contribution is 2.52. The van der Waals surface area contributed by atoms with Gasteiger partial charge in [-0.3, -0.25) is 14.3 Å². The molecular formula is C28H24N2O6. The predicted molar refractivity (Wildman–Crippen MR) is 131 cm³/mol. The average Bonchev–Trinajstić information content (AvgIpc) is 3.27. The van der Waals surface area contributed by atoms with Crippen LogP contribution in [0.25, 0.3) is 0 Å². The maximum atomic E-state index is 12.3. The monoisotopic (exact) mass is 484 g/mol. The standard InChI is InChI=1S/C28H24N2O6/c31-21-16-26(30-15-14-25(32)29-27(30)33)36-24(21)17-34-28(18-8-2-1-3-9-18)19-10-4-6-12-22(19)35-23-13-7-5-11-20(23)28/h1-15,21,24,26,31H,16-17H2,(H,29,32,33)/t21-,24+,26+/m0/s1. The van der Waals surface area contributed by atoms with Crippen molar-refractivity contribution in [1.82, 2.24) is 9.55 Å². The molecule has 0 bridgehead atoms. The van der Waals surface area contributed by atoms with Gasteiger partial charge in [0.25, 0.3) is 5.56 Å². The number of rotatable bonds is 5. The number of H-pyrrole nitrogens is 1. The van der Waals surface area contributed by atoms with E-state index in [0.29, 0.717) is 11.5 Å². The molecule has 4 aromatic rings. The van der Waals surface area contributed by atoms with Crippen LogP contribution in [0, 0.1) is 0 Å². The van der Waals surface area contributed by atoms with Gasteiger partial charge in [-0.25, -0.2) is 4.79 Å². The van der Waals surface area contributed by atoms with Crippen molar-refractivity contribution in [2.75, 3.05) is 6.61 Å². The fourth-order valence-electron chi connectivity index (χ4n) is 5.08. The molecule has 182 valence electrons. The Morgan fingerprint density at radius 2 is 1.56 bits per heavy atom. The molecule has 0 amide bonds. The quantitative estimate of drug-likeness (QED) is 0.451. The minimum absolute atomic E-state index is 0.0489. The summed E-state index contributed by atoms with van der Waals surface area (Å²) in [6.07, 6.45) is -0.726. The highest BCUT2D eigenvalue weighted by atomic mass is 16.6. The number of nitrogens with zero attached hydrogens (tertiary/aromatic N) is 1. The molecule has 6 rings (SSSR count). The van der Waals surface area contributed by atoms with E-state index in [1.54, 1.807) is 0 Å². The topological polar surface area (TPSA) is 103 Å². The first-order valence-electron chi connectivity index (χ1n) is 11.8. The van der Waals surface area contributed by atoms with Gasteiger partial charge >= 0.3 is 5.69 Å². The molecule has 2 N–H and O–H groups in total. The summed E-state index contributed by atoms with van der Waals surface area (Å²) in [5.41, 5.74) is 0.509.